The van der Waals surface area contributed by atoms with Crippen LogP contribution in [0.2, 0.25) is 0 Å². The zero-order valence-corrected chi connectivity index (χ0v) is 7.84. The molecule has 0 bridgehead atoms. The zero-order chi connectivity index (χ0) is 9.26. The van der Waals surface area contributed by atoms with Gasteiger partial charge in [-0.2, -0.15) is 4.98 Å². The molecule has 1 N–H and O–H groups in total. The average molecular weight is 196 g/mol. The van der Waals surface area contributed by atoms with Gasteiger partial charge in [-0.25, -0.2) is 0 Å². The van der Waals surface area contributed by atoms with E-state index in [-0.39, 0.29) is 6.61 Å². The van der Waals surface area contributed by atoms with Crippen molar-refractivity contribution in [2.45, 2.75) is 13.5 Å². The van der Waals surface area contributed by atoms with E-state index in [2.05, 4.69) is 10.1 Å². The maximum atomic E-state index is 8.72. The molecule has 0 aromatic carbocycles. The van der Waals surface area contributed by atoms with Crippen molar-refractivity contribution >= 4 is 11.3 Å². The molecule has 2 rings (SSSR count). The molecule has 4 nitrogen and oxygen atoms in total. The largest absolute Gasteiger partial charge is 0.388 e. The van der Waals surface area contributed by atoms with Gasteiger partial charge in [0.25, 0.3) is 5.89 Å². The second-order valence-corrected chi connectivity index (χ2v) is 3.87. The molecule has 0 aliphatic heterocycles. The molecular formula is C8H8N2O2S. The summed E-state index contributed by atoms with van der Waals surface area (Å²) in [4.78, 5) is 6.12. The van der Waals surface area contributed by atoms with Gasteiger partial charge in [-0.15, -0.1) is 11.3 Å². The third kappa shape index (κ3) is 1.61. The SMILES string of the molecule is Cc1ccc(-c2nc(CO)no2)s1. The van der Waals surface area contributed by atoms with Gasteiger partial charge in [0, 0.05) is 4.88 Å². The number of hydrogen-bond donors (Lipinski definition) is 1. The van der Waals surface area contributed by atoms with Gasteiger partial charge in [0.15, 0.2) is 5.82 Å². The number of aryl methyl sites for hydroxylation is 1. The van der Waals surface area contributed by atoms with Gasteiger partial charge in [-0.1, -0.05) is 5.16 Å². The molecule has 0 aliphatic carbocycles. The summed E-state index contributed by atoms with van der Waals surface area (Å²) in [6.07, 6.45) is 0. The highest BCUT2D eigenvalue weighted by Crippen LogP contribution is 2.25. The molecular weight excluding hydrogens is 188 g/mol. The molecule has 0 atom stereocenters. The van der Waals surface area contributed by atoms with Crippen molar-refractivity contribution in [3.05, 3.63) is 22.8 Å². The molecule has 0 radical (unpaired) electrons. The average Bonchev–Trinajstić information content (AvgIpc) is 2.71. The van der Waals surface area contributed by atoms with Gasteiger partial charge in [0.2, 0.25) is 0 Å². The second kappa shape index (κ2) is 3.27. The summed E-state index contributed by atoms with van der Waals surface area (Å²) < 4.78 is 4.94. The van der Waals surface area contributed by atoms with Gasteiger partial charge in [0.05, 0.1) is 4.88 Å². The van der Waals surface area contributed by atoms with Crippen LogP contribution in [-0.2, 0) is 6.61 Å². The van der Waals surface area contributed by atoms with Crippen LogP contribution >= 0.6 is 11.3 Å². The first-order valence-corrected chi connectivity index (χ1v) is 4.61. The van der Waals surface area contributed by atoms with Gasteiger partial charge in [-0.3, -0.25) is 0 Å². The molecule has 0 amide bonds. The lowest BCUT2D eigenvalue weighted by atomic mass is 10.4. The minimum atomic E-state index is -0.187. The molecule has 0 aliphatic rings. The molecule has 0 saturated carbocycles. The van der Waals surface area contributed by atoms with E-state index >= 15 is 0 Å². The van der Waals surface area contributed by atoms with Gasteiger partial charge < -0.3 is 9.63 Å². The fourth-order valence-electron chi connectivity index (χ4n) is 0.968. The lowest BCUT2D eigenvalue weighted by molar-refractivity contribution is 0.264. The molecule has 2 heterocycles. The monoisotopic (exact) mass is 196 g/mol. The fraction of sp³-hybridized carbons (Fsp3) is 0.250. The van der Waals surface area contributed by atoms with Crippen molar-refractivity contribution < 1.29 is 9.63 Å². The Hall–Kier alpha value is -1.20. The molecule has 2 aromatic rings. The van der Waals surface area contributed by atoms with Crippen molar-refractivity contribution in [2.75, 3.05) is 0 Å². The molecule has 13 heavy (non-hydrogen) atoms. The van der Waals surface area contributed by atoms with Crippen LogP contribution in [0.25, 0.3) is 10.8 Å². The Morgan fingerprint density at radius 2 is 2.38 bits per heavy atom. The first-order chi connectivity index (χ1) is 6.29. The Bertz CT molecular complexity index is 408. The van der Waals surface area contributed by atoms with Crippen molar-refractivity contribution in [1.82, 2.24) is 10.1 Å². The summed E-state index contributed by atoms with van der Waals surface area (Å²) in [5.41, 5.74) is 0. The van der Waals surface area contributed by atoms with Gasteiger partial charge in [-0.05, 0) is 19.1 Å². The lowest BCUT2D eigenvalue weighted by Crippen LogP contribution is -1.83. The summed E-state index contributed by atoms with van der Waals surface area (Å²) in [6, 6.07) is 3.91. The standard InChI is InChI=1S/C8H8N2O2S/c1-5-2-3-6(13-5)8-9-7(4-11)10-12-8/h2-3,11H,4H2,1H3. The highest BCUT2D eigenvalue weighted by molar-refractivity contribution is 7.15. The minimum absolute atomic E-state index is 0.187. The Balaban J connectivity index is 2.35. The first kappa shape index (κ1) is 8.40. The van der Waals surface area contributed by atoms with E-state index in [1.165, 1.54) is 4.88 Å². The van der Waals surface area contributed by atoms with Crippen LogP contribution in [0.4, 0.5) is 0 Å². The van der Waals surface area contributed by atoms with Crippen LogP contribution in [0.1, 0.15) is 10.7 Å². The van der Waals surface area contributed by atoms with E-state index < -0.39 is 0 Å². The highest BCUT2D eigenvalue weighted by Gasteiger charge is 2.09. The number of aliphatic hydroxyl groups excluding tert-OH is 1. The summed E-state index contributed by atoms with van der Waals surface area (Å²) in [7, 11) is 0. The van der Waals surface area contributed by atoms with Crippen LogP contribution in [0.15, 0.2) is 16.7 Å². The minimum Gasteiger partial charge on any atom is -0.388 e. The maximum absolute atomic E-state index is 8.72. The van der Waals surface area contributed by atoms with E-state index in [9.17, 15) is 0 Å². The Morgan fingerprint density at radius 1 is 1.54 bits per heavy atom. The van der Waals surface area contributed by atoms with E-state index in [0.717, 1.165) is 4.88 Å². The highest BCUT2D eigenvalue weighted by atomic mass is 32.1. The Labute approximate surface area is 78.8 Å². The molecule has 0 fully saturated rings. The Kier molecular flexibility index (Phi) is 2.12. The summed E-state index contributed by atoms with van der Waals surface area (Å²) in [5.74, 6) is 0.795. The molecule has 2 aromatic heterocycles. The van der Waals surface area contributed by atoms with Crippen LogP contribution < -0.4 is 0 Å². The number of rotatable bonds is 2. The molecule has 0 spiro atoms. The quantitative estimate of drug-likeness (QED) is 0.792. The van der Waals surface area contributed by atoms with Gasteiger partial charge >= 0.3 is 0 Å². The zero-order valence-electron chi connectivity index (χ0n) is 7.02. The Morgan fingerprint density at radius 3 is 2.92 bits per heavy atom. The predicted molar refractivity (Wildman–Crippen MR) is 48.3 cm³/mol. The number of aromatic nitrogens is 2. The van der Waals surface area contributed by atoms with Crippen molar-refractivity contribution in [2.24, 2.45) is 0 Å². The van der Waals surface area contributed by atoms with Crippen molar-refractivity contribution in [3.8, 4) is 10.8 Å². The fourth-order valence-corrected chi connectivity index (χ4v) is 1.76. The lowest BCUT2D eigenvalue weighted by Gasteiger charge is -1.82. The summed E-state index contributed by atoms with van der Waals surface area (Å²) >= 11 is 1.59. The van der Waals surface area contributed by atoms with Crippen LogP contribution in [0, 0.1) is 6.92 Å². The normalized spacial score (nSPS) is 10.6. The molecule has 0 unspecified atom stereocenters. The number of aliphatic hydroxyl groups is 1. The summed E-state index contributed by atoms with van der Waals surface area (Å²) in [6.45, 7) is 1.82. The maximum Gasteiger partial charge on any atom is 0.268 e. The number of thiophene rings is 1. The smallest absolute Gasteiger partial charge is 0.268 e. The summed E-state index contributed by atoms with van der Waals surface area (Å²) in [5, 5.41) is 12.3. The number of hydrogen-bond acceptors (Lipinski definition) is 5. The van der Waals surface area contributed by atoms with Crippen LogP contribution in [-0.4, -0.2) is 15.2 Å². The molecule has 0 saturated heterocycles. The second-order valence-electron chi connectivity index (χ2n) is 2.58. The van der Waals surface area contributed by atoms with E-state index in [1.54, 1.807) is 11.3 Å². The van der Waals surface area contributed by atoms with Gasteiger partial charge in [0.1, 0.15) is 6.61 Å². The third-order valence-electron chi connectivity index (χ3n) is 1.56. The molecule has 68 valence electrons. The van der Waals surface area contributed by atoms with E-state index in [1.807, 2.05) is 19.1 Å². The number of nitrogens with zero attached hydrogens (tertiary/aromatic N) is 2. The third-order valence-corrected chi connectivity index (χ3v) is 2.55. The van der Waals surface area contributed by atoms with Crippen LogP contribution in [0.3, 0.4) is 0 Å². The molecule has 5 heteroatoms. The van der Waals surface area contributed by atoms with Crippen molar-refractivity contribution in [1.29, 1.82) is 0 Å². The topological polar surface area (TPSA) is 59.2 Å². The predicted octanol–water partition coefficient (Wildman–Crippen LogP) is 1.60. The first-order valence-electron chi connectivity index (χ1n) is 3.80. The van der Waals surface area contributed by atoms with Crippen molar-refractivity contribution in [3.63, 3.8) is 0 Å². The van der Waals surface area contributed by atoms with E-state index in [4.69, 9.17) is 9.63 Å². The van der Waals surface area contributed by atoms with E-state index in [0.29, 0.717) is 11.7 Å². The van der Waals surface area contributed by atoms with Crippen LogP contribution in [0.5, 0.6) is 0 Å².